The van der Waals surface area contributed by atoms with Crippen LogP contribution in [0, 0.1) is 0 Å². The fraction of sp³-hybridized carbons (Fsp3) is 0.278. The average molecular weight is 326 g/mol. The Kier molecular flexibility index (Phi) is 6.45. The first kappa shape index (κ1) is 17.6. The minimum absolute atomic E-state index is 0.0462. The normalized spacial score (nSPS) is 10.8. The zero-order valence-corrected chi connectivity index (χ0v) is 13.9. The van der Waals surface area contributed by atoms with Gasteiger partial charge in [0.15, 0.2) is 0 Å². The fourth-order valence-corrected chi connectivity index (χ4v) is 2.06. The Bertz CT molecular complexity index is 696. The number of azo groups is 1. The molecule has 0 aromatic heterocycles. The number of hydrogen-bond acceptors (Lipinski definition) is 5. The lowest BCUT2D eigenvalue weighted by molar-refractivity contribution is 0.0952. The molecule has 0 bridgehead atoms. The van der Waals surface area contributed by atoms with E-state index < -0.39 is 0 Å². The van der Waals surface area contributed by atoms with Crippen LogP contribution in [-0.2, 0) is 0 Å². The molecule has 6 nitrogen and oxygen atoms in total. The number of carbonyl (C=O) groups excluding carboxylic acids is 1. The van der Waals surface area contributed by atoms with Crippen molar-refractivity contribution in [1.82, 2.24) is 5.32 Å². The summed E-state index contributed by atoms with van der Waals surface area (Å²) < 4.78 is 0. The number of benzene rings is 2. The molecule has 0 fully saturated rings. The number of aliphatic hydroxyl groups is 1. The SMILES string of the molecule is CN(C)c1ccc(N=Nc2ccccc2C(=O)NCCCO)cc1. The Morgan fingerprint density at radius 1 is 1.08 bits per heavy atom. The summed E-state index contributed by atoms with van der Waals surface area (Å²) in [7, 11) is 3.95. The molecule has 0 radical (unpaired) electrons. The lowest BCUT2D eigenvalue weighted by Gasteiger charge is -2.11. The van der Waals surface area contributed by atoms with Crippen molar-refractivity contribution in [3.05, 3.63) is 54.1 Å². The van der Waals surface area contributed by atoms with Gasteiger partial charge < -0.3 is 15.3 Å². The molecule has 2 N–H and O–H groups in total. The van der Waals surface area contributed by atoms with E-state index in [9.17, 15) is 4.79 Å². The van der Waals surface area contributed by atoms with Gasteiger partial charge >= 0.3 is 0 Å². The predicted octanol–water partition coefficient (Wildman–Crippen LogP) is 3.28. The minimum Gasteiger partial charge on any atom is -0.396 e. The highest BCUT2D eigenvalue weighted by Crippen LogP contribution is 2.23. The van der Waals surface area contributed by atoms with Gasteiger partial charge in [-0.1, -0.05) is 12.1 Å². The summed E-state index contributed by atoms with van der Waals surface area (Å²) in [5, 5.41) is 19.9. The van der Waals surface area contributed by atoms with Crippen LogP contribution in [0.4, 0.5) is 17.1 Å². The van der Waals surface area contributed by atoms with Gasteiger partial charge in [-0.15, -0.1) is 5.11 Å². The second kappa shape index (κ2) is 8.79. The summed E-state index contributed by atoms with van der Waals surface area (Å²) in [6.07, 6.45) is 0.521. The molecule has 1 amide bonds. The molecule has 6 heteroatoms. The van der Waals surface area contributed by atoms with Crippen molar-refractivity contribution in [3.8, 4) is 0 Å². The first-order valence-corrected chi connectivity index (χ1v) is 7.79. The molecule has 126 valence electrons. The van der Waals surface area contributed by atoms with Crippen LogP contribution in [-0.4, -0.2) is 38.3 Å². The van der Waals surface area contributed by atoms with Gasteiger partial charge in [0.05, 0.1) is 16.9 Å². The van der Waals surface area contributed by atoms with E-state index in [2.05, 4.69) is 15.5 Å². The molecule has 0 atom stereocenters. The van der Waals surface area contributed by atoms with Gasteiger partial charge in [0, 0.05) is 32.9 Å². The van der Waals surface area contributed by atoms with E-state index in [0.717, 1.165) is 11.4 Å². The molecular formula is C18H22N4O2. The highest BCUT2D eigenvalue weighted by Gasteiger charge is 2.09. The molecule has 0 heterocycles. The third-order valence-electron chi connectivity index (χ3n) is 3.41. The highest BCUT2D eigenvalue weighted by molar-refractivity contribution is 5.98. The lowest BCUT2D eigenvalue weighted by Crippen LogP contribution is -2.25. The first-order chi connectivity index (χ1) is 11.6. The maximum absolute atomic E-state index is 12.2. The van der Waals surface area contributed by atoms with E-state index in [1.54, 1.807) is 18.2 Å². The smallest absolute Gasteiger partial charge is 0.253 e. The maximum Gasteiger partial charge on any atom is 0.253 e. The number of anilines is 1. The predicted molar refractivity (Wildman–Crippen MR) is 95.4 cm³/mol. The number of carbonyl (C=O) groups is 1. The zero-order valence-electron chi connectivity index (χ0n) is 13.9. The molecule has 0 aliphatic heterocycles. The topological polar surface area (TPSA) is 77.3 Å². The van der Waals surface area contributed by atoms with E-state index in [4.69, 9.17) is 5.11 Å². The van der Waals surface area contributed by atoms with Gasteiger partial charge in [-0.3, -0.25) is 4.79 Å². The number of aliphatic hydroxyl groups excluding tert-OH is 1. The van der Waals surface area contributed by atoms with Gasteiger partial charge in [-0.05, 0) is 42.8 Å². The van der Waals surface area contributed by atoms with Crippen molar-refractivity contribution in [3.63, 3.8) is 0 Å². The fourth-order valence-electron chi connectivity index (χ4n) is 2.06. The van der Waals surface area contributed by atoms with Gasteiger partial charge in [0.25, 0.3) is 5.91 Å². The molecule has 0 unspecified atom stereocenters. The molecule has 0 aliphatic rings. The molecule has 0 saturated heterocycles. The van der Waals surface area contributed by atoms with Gasteiger partial charge in [-0.2, -0.15) is 5.11 Å². The standard InChI is InChI=1S/C18H22N4O2/c1-22(2)15-10-8-14(9-11-15)20-21-17-7-4-3-6-16(17)18(24)19-12-5-13-23/h3-4,6-11,23H,5,12-13H2,1-2H3,(H,19,24). The molecule has 0 saturated carbocycles. The maximum atomic E-state index is 12.2. The summed E-state index contributed by atoms with van der Waals surface area (Å²) >= 11 is 0. The van der Waals surface area contributed by atoms with Crippen molar-refractivity contribution >= 4 is 23.0 Å². The second-order valence-electron chi connectivity index (χ2n) is 5.46. The van der Waals surface area contributed by atoms with E-state index in [-0.39, 0.29) is 12.5 Å². The molecule has 2 aromatic rings. The van der Waals surface area contributed by atoms with Crippen molar-refractivity contribution in [2.45, 2.75) is 6.42 Å². The Hall–Kier alpha value is -2.73. The van der Waals surface area contributed by atoms with Crippen molar-refractivity contribution in [1.29, 1.82) is 0 Å². The molecule has 2 rings (SSSR count). The van der Waals surface area contributed by atoms with E-state index in [1.165, 1.54) is 0 Å². The molecule has 24 heavy (non-hydrogen) atoms. The van der Waals surface area contributed by atoms with Crippen LogP contribution in [0.3, 0.4) is 0 Å². The number of nitrogens with zero attached hydrogens (tertiary/aromatic N) is 3. The summed E-state index contributed by atoms with van der Waals surface area (Å²) in [5.41, 5.74) is 2.77. The van der Waals surface area contributed by atoms with E-state index >= 15 is 0 Å². The van der Waals surface area contributed by atoms with Crippen LogP contribution in [0.5, 0.6) is 0 Å². The van der Waals surface area contributed by atoms with Crippen molar-refractivity contribution in [2.24, 2.45) is 10.2 Å². The van der Waals surface area contributed by atoms with Gasteiger partial charge in [-0.25, -0.2) is 0 Å². The summed E-state index contributed by atoms with van der Waals surface area (Å²) in [4.78, 5) is 14.2. The van der Waals surface area contributed by atoms with Gasteiger partial charge in [0.2, 0.25) is 0 Å². The van der Waals surface area contributed by atoms with E-state index in [1.807, 2.05) is 49.3 Å². The van der Waals surface area contributed by atoms with Crippen LogP contribution in [0.2, 0.25) is 0 Å². The third-order valence-corrected chi connectivity index (χ3v) is 3.41. The Labute approximate surface area is 141 Å². The average Bonchev–Trinajstić information content (AvgIpc) is 2.60. The van der Waals surface area contributed by atoms with Crippen molar-refractivity contribution in [2.75, 3.05) is 32.1 Å². The Morgan fingerprint density at radius 2 is 1.79 bits per heavy atom. The van der Waals surface area contributed by atoms with Crippen LogP contribution < -0.4 is 10.2 Å². The molecule has 0 spiro atoms. The summed E-state index contributed by atoms with van der Waals surface area (Å²) in [6.45, 7) is 0.470. The monoisotopic (exact) mass is 326 g/mol. The third kappa shape index (κ3) is 4.89. The Balaban J connectivity index is 2.13. The second-order valence-corrected chi connectivity index (χ2v) is 5.46. The van der Waals surface area contributed by atoms with Gasteiger partial charge in [0.1, 0.15) is 0 Å². The number of rotatable bonds is 7. The highest BCUT2D eigenvalue weighted by atomic mass is 16.3. The van der Waals surface area contributed by atoms with Crippen LogP contribution in [0.15, 0.2) is 58.8 Å². The number of nitrogens with one attached hydrogen (secondary N) is 1. The molecule has 2 aromatic carbocycles. The van der Waals surface area contributed by atoms with Crippen LogP contribution >= 0.6 is 0 Å². The number of hydrogen-bond donors (Lipinski definition) is 2. The summed E-state index contributed by atoms with van der Waals surface area (Å²) in [5.74, 6) is -0.221. The number of amides is 1. The molecule has 0 aliphatic carbocycles. The van der Waals surface area contributed by atoms with Crippen molar-refractivity contribution < 1.29 is 9.90 Å². The first-order valence-electron chi connectivity index (χ1n) is 7.79. The minimum atomic E-state index is -0.221. The van der Waals surface area contributed by atoms with Crippen LogP contribution in [0.25, 0.3) is 0 Å². The lowest BCUT2D eigenvalue weighted by atomic mass is 10.1. The summed E-state index contributed by atoms with van der Waals surface area (Å²) in [6, 6.07) is 14.7. The van der Waals surface area contributed by atoms with E-state index in [0.29, 0.717) is 24.2 Å². The zero-order chi connectivity index (χ0) is 17.4. The quantitative estimate of drug-likeness (QED) is 0.605. The Morgan fingerprint density at radius 3 is 2.46 bits per heavy atom. The van der Waals surface area contributed by atoms with Crippen LogP contribution in [0.1, 0.15) is 16.8 Å². The molecular weight excluding hydrogens is 304 g/mol. The largest absolute Gasteiger partial charge is 0.396 e.